The van der Waals surface area contributed by atoms with Crippen molar-refractivity contribution in [1.82, 2.24) is 4.98 Å². The molecule has 0 unspecified atom stereocenters. The number of benzene rings is 2. The lowest BCUT2D eigenvalue weighted by molar-refractivity contribution is 0.102. The number of aromatic nitrogens is 1. The first kappa shape index (κ1) is 19.2. The molecule has 140 valence electrons. The molecule has 0 atom stereocenters. The molecule has 0 radical (unpaired) electrons. The number of carbonyl (C=O) groups excluding carboxylic acids is 1. The standard InChI is InChI=1S/C19H17BrN2O4S/c1-24-15-6-5-12(8-13(15)20)18(23)22-19-21-14(10-27-19)11-4-7-16(25-2)17(9-11)26-3/h4-10H,1-3H3,(H,21,22,23). The Labute approximate surface area is 169 Å². The second kappa shape index (κ2) is 8.41. The Bertz CT molecular complexity index is 974. The molecule has 27 heavy (non-hydrogen) atoms. The summed E-state index contributed by atoms with van der Waals surface area (Å²) in [6, 6.07) is 10.7. The van der Waals surface area contributed by atoms with E-state index in [2.05, 4.69) is 26.2 Å². The minimum Gasteiger partial charge on any atom is -0.496 e. The van der Waals surface area contributed by atoms with Gasteiger partial charge in [0.25, 0.3) is 5.91 Å². The summed E-state index contributed by atoms with van der Waals surface area (Å²) >= 11 is 4.73. The highest BCUT2D eigenvalue weighted by molar-refractivity contribution is 9.10. The molecule has 0 bridgehead atoms. The molecule has 0 saturated heterocycles. The maximum absolute atomic E-state index is 12.5. The van der Waals surface area contributed by atoms with Crippen molar-refractivity contribution < 1.29 is 19.0 Å². The molecule has 1 aromatic heterocycles. The van der Waals surface area contributed by atoms with Crippen molar-refractivity contribution in [3.63, 3.8) is 0 Å². The number of carbonyl (C=O) groups is 1. The molecule has 1 heterocycles. The Kier molecular flexibility index (Phi) is 5.98. The van der Waals surface area contributed by atoms with Crippen LogP contribution in [0.4, 0.5) is 5.13 Å². The van der Waals surface area contributed by atoms with Gasteiger partial charge in [-0.3, -0.25) is 10.1 Å². The highest BCUT2D eigenvalue weighted by Crippen LogP contribution is 2.33. The van der Waals surface area contributed by atoms with Gasteiger partial charge >= 0.3 is 0 Å². The number of nitrogens with one attached hydrogen (secondary N) is 1. The van der Waals surface area contributed by atoms with E-state index in [1.807, 2.05) is 23.6 Å². The van der Waals surface area contributed by atoms with Gasteiger partial charge in [0, 0.05) is 16.5 Å². The fourth-order valence-electron chi connectivity index (χ4n) is 2.44. The Morgan fingerprint density at radius 2 is 1.70 bits per heavy atom. The average Bonchev–Trinajstić information content (AvgIpc) is 3.15. The number of nitrogens with zero attached hydrogens (tertiary/aromatic N) is 1. The lowest BCUT2D eigenvalue weighted by Gasteiger charge is -2.08. The van der Waals surface area contributed by atoms with Gasteiger partial charge in [-0.05, 0) is 52.3 Å². The van der Waals surface area contributed by atoms with Crippen molar-refractivity contribution in [3.05, 3.63) is 51.8 Å². The zero-order chi connectivity index (χ0) is 19.4. The zero-order valence-corrected chi connectivity index (χ0v) is 17.3. The second-order valence-electron chi connectivity index (χ2n) is 5.41. The van der Waals surface area contributed by atoms with E-state index in [1.165, 1.54) is 11.3 Å². The van der Waals surface area contributed by atoms with Crippen molar-refractivity contribution in [2.24, 2.45) is 0 Å². The number of anilines is 1. The van der Waals surface area contributed by atoms with E-state index in [1.54, 1.807) is 39.5 Å². The third-order valence-corrected chi connectivity index (χ3v) is 5.20. The molecule has 1 amide bonds. The third-order valence-electron chi connectivity index (χ3n) is 3.82. The number of thiazole rings is 1. The molecule has 0 aliphatic rings. The number of ether oxygens (including phenoxy) is 3. The molecule has 2 aromatic carbocycles. The fraction of sp³-hybridized carbons (Fsp3) is 0.158. The average molecular weight is 449 g/mol. The van der Waals surface area contributed by atoms with E-state index in [9.17, 15) is 4.79 Å². The van der Waals surface area contributed by atoms with Crippen molar-refractivity contribution in [2.75, 3.05) is 26.6 Å². The summed E-state index contributed by atoms with van der Waals surface area (Å²) < 4.78 is 16.5. The first-order chi connectivity index (χ1) is 13.0. The van der Waals surface area contributed by atoms with E-state index < -0.39 is 0 Å². The maximum atomic E-state index is 12.5. The topological polar surface area (TPSA) is 69.7 Å². The monoisotopic (exact) mass is 448 g/mol. The van der Waals surface area contributed by atoms with Crippen molar-refractivity contribution >= 4 is 38.3 Å². The summed E-state index contributed by atoms with van der Waals surface area (Å²) in [5.41, 5.74) is 2.12. The smallest absolute Gasteiger partial charge is 0.257 e. The van der Waals surface area contributed by atoms with E-state index in [0.717, 1.165) is 11.3 Å². The van der Waals surface area contributed by atoms with Crippen LogP contribution in [0.25, 0.3) is 11.3 Å². The van der Waals surface area contributed by atoms with Crippen LogP contribution < -0.4 is 19.5 Å². The molecular weight excluding hydrogens is 432 g/mol. The number of hydrogen-bond donors (Lipinski definition) is 1. The van der Waals surface area contributed by atoms with Crippen molar-refractivity contribution in [1.29, 1.82) is 0 Å². The normalized spacial score (nSPS) is 10.4. The van der Waals surface area contributed by atoms with Crippen LogP contribution in [-0.2, 0) is 0 Å². The van der Waals surface area contributed by atoms with Crippen LogP contribution in [0.2, 0.25) is 0 Å². The van der Waals surface area contributed by atoms with Crippen LogP contribution in [0, 0.1) is 0 Å². The Hall–Kier alpha value is -2.58. The molecule has 0 fully saturated rings. The predicted octanol–water partition coefficient (Wildman–Crippen LogP) is 4.85. The van der Waals surface area contributed by atoms with Crippen LogP contribution in [0.15, 0.2) is 46.3 Å². The second-order valence-corrected chi connectivity index (χ2v) is 7.12. The minimum absolute atomic E-state index is 0.244. The highest BCUT2D eigenvalue weighted by Gasteiger charge is 2.13. The van der Waals surface area contributed by atoms with Crippen molar-refractivity contribution in [3.8, 4) is 28.5 Å². The summed E-state index contributed by atoms with van der Waals surface area (Å²) in [6.07, 6.45) is 0. The Morgan fingerprint density at radius 1 is 1.00 bits per heavy atom. The predicted molar refractivity (Wildman–Crippen MR) is 109 cm³/mol. The third kappa shape index (κ3) is 4.23. The van der Waals surface area contributed by atoms with E-state index in [4.69, 9.17) is 14.2 Å². The summed E-state index contributed by atoms with van der Waals surface area (Å²) in [5, 5.41) is 5.20. The molecule has 0 spiro atoms. The first-order valence-corrected chi connectivity index (χ1v) is 9.55. The minimum atomic E-state index is -0.244. The van der Waals surface area contributed by atoms with Gasteiger partial charge in [0.15, 0.2) is 16.6 Å². The lowest BCUT2D eigenvalue weighted by Crippen LogP contribution is -2.11. The fourth-order valence-corrected chi connectivity index (χ4v) is 3.69. The van der Waals surface area contributed by atoms with Gasteiger partial charge in [0.05, 0.1) is 31.5 Å². The first-order valence-electron chi connectivity index (χ1n) is 7.88. The molecule has 1 N–H and O–H groups in total. The van der Waals surface area contributed by atoms with Crippen LogP contribution in [0.1, 0.15) is 10.4 Å². The quantitative estimate of drug-likeness (QED) is 0.583. The van der Waals surface area contributed by atoms with Crippen LogP contribution in [0.5, 0.6) is 17.2 Å². The molecule has 0 aliphatic carbocycles. The number of hydrogen-bond acceptors (Lipinski definition) is 6. The van der Waals surface area contributed by atoms with Crippen LogP contribution in [-0.4, -0.2) is 32.2 Å². The van der Waals surface area contributed by atoms with Gasteiger partial charge in [-0.2, -0.15) is 0 Å². The van der Waals surface area contributed by atoms with E-state index in [-0.39, 0.29) is 5.91 Å². The Morgan fingerprint density at radius 3 is 2.37 bits per heavy atom. The summed E-state index contributed by atoms with van der Waals surface area (Å²) in [5.74, 6) is 1.69. The maximum Gasteiger partial charge on any atom is 0.257 e. The van der Waals surface area contributed by atoms with Gasteiger partial charge in [0.1, 0.15) is 5.75 Å². The van der Waals surface area contributed by atoms with Crippen LogP contribution >= 0.6 is 27.3 Å². The molecule has 3 aromatic rings. The molecular formula is C19H17BrN2O4S. The van der Waals surface area contributed by atoms with E-state index >= 15 is 0 Å². The van der Waals surface area contributed by atoms with Gasteiger partial charge in [0.2, 0.25) is 0 Å². The summed E-state index contributed by atoms with van der Waals surface area (Å²) in [4.78, 5) is 16.9. The molecule has 8 heteroatoms. The summed E-state index contributed by atoms with van der Waals surface area (Å²) in [6.45, 7) is 0. The molecule has 3 rings (SSSR count). The van der Waals surface area contributed by atoms with Gasteiger partial charge in [-0.25, -0.2) is 4.98 Å². The van der Waals surface area contributed by atoms with Gasteiger partial charge in [-0.15, -0.1) is 11.3 Å². The molecule has 0 aliphatic heterocycles. The molecule has 0 saturated carbocycles. The van der Waals surface area contributed by atoms with Crippen LogP contribution in [0.3, 0.4) is 0 Å². The lowest BCUT2D eigenvalue weighted by atomic mass is 10.1. The van der Waals surface area contributed by atoms with Gasteiger partial charge in [-0.1, -0.05) is 0 Å². The van der Waals surface area contributed by atoms with E-state index in [0.29, 0.717) is 32.4 Å². The SMILES string of the molecule is COc1ccc(C(=O)Nc2nc(-c3ccc(OC)c(OC)c3)cs2)cc1Br. The van der Waals surface area contributed by atoms with Gasteiger partial charge < -0.3 is 14.2 Å². The largest absolute Gasteiger partial charge is 0.496 e. The van der Waals surface area contributed by atoms with Crippen molar-refractivity contribution in [2.45, 2.75) is 0 Å². The number of halogens is 1. The zero-order valence-electron chi connectivity index (χ0n) is 14.9. The highest BCUT2D eigenvalue weighted by atomic mass is 79.9. The number of rotatable bonds is 6. The number of methoxy groups -OCH3 is 3. The number of amides is 1. The summed E-state index contributed by atoms with van der Waals surface area (Å²) in [7, 11) is 4.75. The Balaban J connectivity index is 1.78. The molecule has 6 nitrogen and oxygen atoms in total.